The van der Waals surface area contributed by atoms with E-state index in [1.54, 1.807) is 0 Å². The molecule has 0 unspecified atom stereocenters. The number of halogens is 1. The van der Waals surface area contributed by atoms with E-state index in [0.717, 1.165) is 67.7 Å². The van der Waals surface area contributed by atoms with Gasteiger partial charge in [-0.2, -0.15) is 0 Å². The Bertz CT molecular complexity index is 768. The largest absolute Gasteiger partial charge is 0.493 e. The Labute approximate surface area is 152 Å². The van der Waals surface area contributed by atoms with Gasteiger partial charge in [0.1, 0.15) is 5.75 Å². The lowest BCUT2D eigenvalue weighted by atomic mass is 10.1. The molecule has 4 rings (SSSR count). The molecule has 0 saturated carbocycles. The first-order chi connectivity index (χ1) is 12.2. The lowest BCUT2D eigenvalue weighted by molar-refractivity contribution is 0.0628. The van der Waals surface area contributed by atoms with Gasteiger partial charge < -0.3 is 9.64 Å². The Kier molecular flexibility index (Phi) is 4.64. The summed E-state index contributed by atoms with van der Waals surface area (Å²) in [6.07, 6.45) is 0.894. The van der Waals surface area contributed by atoms with Crippen molar-refractivity contribution < 1.29 is 9.53 Å². The normalized spacial score (nSPS) is 17.2. The zero-order valence-corrected chi connectivity index (χ0v) is 14.8. The zero-order chi connectivity index (χ0) is 17.2. The first-order valence-electron chi connectivity index (χ1n) is 8.71. The first-order valence-corrected chi connectivity index (χ1v) is 9.09. The van der Waals surface area contributed by atoms with Crippen LogP contribution in [0.1, 0.15) is 21.5 Å². The number of fused-ring (bicyclic) bond motifs is 1. The standard InChI is InChI=1S/C20H21ClN2O2/c21-18-4-1-15(2-5-18)14-22-8-10-23(11-9-22)20(24)17-3-6-19-16(13-17)7-12-25-19/h1-6,13H,7-12,14H2. The molecule has 25 heavy (non-hydrogen) atoms. The molecule has 5 heteroatoms. The van der Waals surface area contributed by atoms with E-state index in [4.69, 9.17) is 16.3 Å². The summed E-state index contributed by atoms with van der Waals surface area (Å²) in [5.41, 5.74) is 3.17. The number of amides is 1. The molecule has 2 heterocycles. The summed E-state index contributed by atoms with van der Waals surface area (Å²) in [4.78, 5) is 17.1. The van der Waals surface area contributed by atoms with E-state index >= 15 is 0 Å². The predicted octanol–water partition coefficient (Wildman–Crippen LogP) is 3.23. The summed E-state index contributed by atoms with van der Waals surface area (Å²) in [6, 6.07) is 13.8. The average molecular weight is 357 g/mol. The lowest BCUT2D eigenvalue weighted by Gasteiger charge is -2.34. The molecule has 0 bridgehead atoms. The summed E-state index contributed by atoms with van der Waals surface area (Å²) in [6.45, 7) is 4.93. The number of nitrogens with zero attached hydrogens (tertiary/aromatic N) is 2. The summed E-state index contributed by atoms with van der Waals surface area (Å²) >= 11 is 5.94. The molecular formula is C20H21ClN2O2. The van der Waals surface area contributed by atoms with Crippen molar-refractivity contribution in [3.8, 4) is 5.75 Å². The van der Waals surface area contributed by atoms with Crippen molar-refractivity contribution in [2.45, 2.75) is 13.0 Å². The average Bonchev–Trinajstić information content (AvgIpc) is 3.11. The third-order valence-corrected chi connectivity index (χ3v) is 5.17. The quantitative estimate of drug-likeness (QED) is 0.846. The number of rotatable bonds is 3. The van der Waals surface area contributed by atoms with Crippen molar-refractivity contribution in [2.75, 3.05) is 32.8 Å². The van der Waals surface area contributed by atoms with Gasteiger partial charge in [-0.05, 0) is 41.5 Å². The number of benzene rings is 2. The summed E-state index contributed by atoms with van der Waals surface area (Å²) in [5, 5.41) is 0.763. The topological polar surface area (TPSA) is 32.8 Å². The molecule has 0 spiro atoms. The van der Waals surface area contributed by atoms with Gasteiger partial charge in [0.15, 0.2) is 0 Å². The van der Waals surface area contributed by atoms with Gasteiger partial charge in [0, 0.05) is 49.7 Å². The Balaban J connectivity index is 1.35. The number of carbonyl (C=O) groups is 1. The van der Waals surface area contributed by atoms with Gasteiger partial charge in [-0.25, -0.2) is 0 Å². The van der Waals surface area contributed by atoms with E-state index in [2.05, 4.69) is 17.0 Å². The maximum atomic E-state index is 12.8. The third-order valence-electron chi connectivity index (χ3n) is 4.92. The molecule has 130 valence electrons. The third kappa shape index (κ3) is 3.65. The molecule has 0 atom stereocenters. The second-order valence-corrected chi connectivity index (χ2v) is 7.05. The van der Waals surface area contributed by atoms with Crippen LogP contribution in [0.4, 0.5) is 0 Å². The van der Waals surface area contributed by atoms with E-state index in [-0.39, 0.29) is 5.91 Å². The SMILES string of the molecule is O=C(c1ccc2c(c1)CCO2)N1CCN(Cc2ccc(Cl)cc2)CC1. The fourth-order valence-corrected chi connectivity index (χ4v) is 3.59. The molecule has 0 N–H and O–H groups in total. The fourth-order valence-electron chi connectivity index (χ4n) is 3.46. The van der Waals surface area contributed by atoms with Crippen molar-refractivity contribution in [3.63, 3.8) is 0 Å². The maximum Gasteiger partial charge on any atom is 0.253 e. The van der Waals surface area contributed by atoms with Crippen molar-refractivity contribution >= 4 is 17.5 Å². The van der Waals surface area contributed by atoms with Gasteiger partial charge in [0.2, 0.25) is 0 Å². The fraction of sp³-hybridized carbons (Fsp3) is 0.350. The summed E-state index contributed by atoms with van der Waals surface area (Å²) < 4.78 is 5.52. The van der Waals surface area contributed by atoms with E-state index in [9.17, 15) is 4.79 Å². The molecule has 2 aromatic carbocycles. The molecule has 1 fully saturated rings. The lowest BCUT2D eigenvalue weighted by Crippen LogP contribution is -2.48. The molecule has 1 saturated heterocycles. The van der Waals surface area contributed by atoms with Crippen LogP contribution in [0.15, 0.2) is 42.5 Å². The van der Waals surface area contributed by atoms with Crippen LogP contribution in [0.2, 0.25) is 5.02 Å². The Morgan fingerprint density at radius 2 is 1.80 bits per heavy atom. The van der Waals surface area contributed by atoms with Crippen LogP contribution < -0.4 is 4.74 Å². The number of ether oxygens (including phenoxy) is 1. The number of carbonyl (C=O) groups excluding carboxylic acids is 1. The second-order valence-electron chi connectivity index (χ2n) is 6.62. The van der Waals surface area contributed by atoms with Gasteiger partial charge >= 0.3 is 0 Å². The summed E-state index contributed by atoms with van der Waals surface area (Å²) in [7, 11) is 0. The molecular weight excluding hydrogens is 336 g/mol. The molecule has 0 radical (unpaired) electrons. The maximum absolute atomic E-state index is 12.8. The first kappa shape index (κ1) is 16.4. The van der Waals surface area contributed by atoms with Gasteiger partial charge in [-0.15, -0.1) is 0 Å². The number of piperazine rings is 1. The highest BCUT2D eigenvalue weighted by Crippen LogP contribution is 2.26. The van der Waals surface area contributed by atoms with Crippen LogP contribution in [-0.4, -0.2) is 48.5 Å². The Morgan fingerprint density at radius 3 is 2.56 bits per heavy atom. The van der Waals surface area contributed by atoms with E-state index in [1.807, 2.05) is 35.2 Å². The van der Waals surface area contributed by atoms with Crippen LogP contribution in [0.3, 0.4) is 0 Å². The summed E-state index contributed by atoms with van der Waals surface area (Å²) in [5.74, 6) is 1.05. The Morgan fingerprint density at radius 1 is 1.04 bits per heavy atom. The van der Waals surface area contributed by atoms with Crippen molar-refractivity contribution in [3.05, 3.63) is 64.2 Å². The van der Waals surface area contributed by atoms with Crippen LogP contribution in [-0.2, 0) is 13.0 Å². The highest BCUT2D eigenvalue weighted by molar-refractivity contribution is 6.30. The van der Waals surface area contributed by atoms with Gasteiger partial charge in [0.25, 0.3) is 5.91 Å². The molecule has 0 aromatic heterocycles. The molecule has 2 aromatic rings. The molecule has 4 nitrogen and oxygen atoms in total. The monoisotopic (exact) mass is 356 g/mol. The zero-order valence-electron chi connectivity index (χ0n) is 14.1. The van der Waals surface area contributed by atoms with Gasteiger partial charge in [0.05, 0.1) is 6.61 Å². The molecule has 1 amide bonds. The van der Waals surface area contributed by atoms with Crippen LogP contribution >= 0.6 is 11.6 Å². The smallest absolute Gasteiger partial charge is 0.253 e. The Hall–Kier alpha value is -2.04. The molecule has 0 aliphatic carbocycles. The molecule has 2 aliphatic rings. The number of hydrogen-bond acceptors (Lipinski definition) is 3. The van der Waals surface area contributed by atoms with Gasteiger partial charge in [-0.1, -0.05) is 23.7 Å². The molecule has 2 aliphatic heterocycles. The van der Waals surface area contributed by atoms with Crippen molar-refractivity contribution in [2.24, 2.45) is 0 Å². The minimum atomic E-state index is 0.126. The highest BCUT2D eigenvalue weighted by atomic mass is 35.5. The van der Waals surface area contributed by atoms with Crippen molar-refractivity contribution in [1.29, 1.82) is 0 Å². The minimum absolute atomic E-state index is 0.126. The van der Waals surface area contributed by atoms with E-state index < -0.39 is 0 Å². The second kappa shape index (κ2) is 7.06. The van der Waals surface area contributed by atoms with E-state index in [1.165, 1.54) is 5.56 Å². The van der Waals surface area contributed by atoms with Crippen LogP contribution in [0.25, 0.3) is 0 Å². The van der Waals surface area contributed by atoms with Crippen LogP contribution in [0, 0.1) is 0 Å². The number of hydrogen-bond donors (Lipinski definition) is 0. The van der Waals surface area contributed by atoms with E-state index in [0.29, 0.717) is 0 Å². The van der Waals surface area contributed by atoms with Crippen LogP contribution in [0.5, 0.6) is 5.75 Å². The highest BCUT2D eigenvalue weighted by Gasteiger charge is 2.23. The van der Waals surface area contributed by atoms with Crippen molar-refractivity contribution in [1.82, 2.24) is 9.80 Å². The van der Waals surface area contributed by atoms with Gasteiger partial charge in [-0.3, -0.25) is 9.69 Å². The predicted molar refractivity (Wildman–Crippen MR) is 98.3 cm³/mol. The minimum Gasteiger partial charge on any atom is -0.493 e.